The molecule has 1 heterocycles. The molecule has 0 aromatic heterocycles. The Balaban J connectivity index is 1.91. The van der Waals surface area contributed by atoms with Crippen LogP contribution in [0.15, 0.2) is 30.3 Å². The third kappa shape index (κ3) is 4.14. The molecule has 4 unspecified atom stereocenters. The van der Waals surface area contributed by atoms with Crippen LogP contribution in [0, 0.1) is 0 Å². The van der Waals surface area contributed by atoms with Gasteiger partial charge in [-0.05, 0) is 32.3 Å². The molecule has 1 fully saturated rings. The predicted molar refractivity (Wildman–Crippen MR) is 86.4 cm³/mol. The molecule has 1 N–H and O–H groups in total. The van der Waals surface area contributed by atoms with Crippen LogP contribution in [0.3, 0.4) is 0 Å². The van der Waals surface area contributed by atoms with Crippen LogP contribution in [-0.2, 0) is 22.0 Å². The van der Waals surface area contributed by atoms with Crippen LogP contribution in [0.1, 0.15) is 25.8 Å². The maximum absolute atomic E-state index is 12.5. The van der Waals surface area contributed by atoms with E-state index in [9.17, 15) is 9.00 Å². The van der Waals surface area contributed by atoms with Gasteiger partial charge < -0.3 is 4.90 Å². The van der Waals surface area contributed by atoms with E-state index in [4.69, 9.17) is 0 Å². The molecule has 5 heteroatoms. The Morgan fingerprint density at radius 1 is 1.33 bits per heavy atom. The summed E-state index contributed by atoms with van der Waals surface area (Å²) in [4.78, 5) is 14.3. The summed E-state index contributed by atoms with van der Waals surface area (Å²) in [6.07, 6.45) is 3.40. The van der Waals surface area contributed by atoms with Crippen LogP contribution in [0.5, 0.6) is 0 Å². The quantitative estimate of drug-likeness (QED) is 0.867. The number of carbonyl (C=O) groups excluding carboxylic acids is 1. The van der Waals surface area contributed by atoms with Crippen molar-refractivity contribution in [1.29, 1.82) is 0 Å². The molecule has 0 spiro atoms. The average molecular weight is 308 g/mol. The van der Waals surface area contributed by atoms with Crippen molar-refractivity contribution in [3.63, 3.8) is 0 Å². The van der Waals surface area contributed by atoms with E-state index in [0.717, 1.165) is 12.8 Å². The van der Waals surface area contributed by atoms with Crippen molar-refractivity contribution in [2.45, 2.75) is 44.1 Å². The van der Waals surface area contributed by atoms with E-state index < -0.39 is 10.8 Å². The van der Waals surface area contributed by atoms with Crippen LogP contribution in [0.4, 0.5) is 0 Å². The monoisotopic (exact) mass is 308 g/mol. The van der Waals surface area contributed by atoms with Gasteiger partial charge in [-0.25, -0.2) is 0 Å². The van der Waals surface area contributed by atoms with Crippen molar-refractivity contribution < 1.29 is 9.00 Å². The van der Waals surface area contributed by atoms with Crippen molar-refractivity contribution in [3.8, 4) is 0 Å². The van der Waals surface area contributed by atoms with Gasteiger partial charge in [0, 0.05) is 28.9 Å². The lowest BCUT2D eigenvalue weighted by molar-refractivity contribution is -0.129. The van der Waals surface area contributed by atoms with E-state index in [1.165, 1.54) is 5.56 Å². The van der Waals surface area contributed by atoms with Crippen LogP contribution in [-0.4, -0.2) is 45.3 Å². The minimum absolute atomic E-state index is 0.00562. The van der Waals surface area contributed by atoms with Gasteiger partial charge in [-0.1, -0.05) is 30.3 Å². The maximum atomic E-state index is 12.5. The lowest BCUT2D eigenvalue weighted by Gasteiger charge is -2.23. The van der Waals surface area contributed by atoms with Gasteiger partial charge in [-0.2, -0.15) is 0 Å². The Morgan fingerprint density at radius 2 is 2.00 bits per heavy atom. The summed E-state index contributed by atoms with van der Waals surface area (Å²) in [6, 6.07) is 10.1. The lowest BCUT2D eigenvalue weighted by Crippen LogP contribution is -2.40. The molecule has 21 heavy (non-hydrogen) atoms. The highest BCUT2D eigenvalue weighted by Crippen LogP contribution is 2.16. The van der Waals surface area contributed by atoms with Crippen LogP contribution in [0.2, 0.25) is 0 Å². The molecule has 116 valence electrons. The number of nitrogens with zero attached hydrogens (tertiary/aromatic N) is 1. The van der Waals surface area contributed by atoms with Crippen molar-refractivity contribution in [1.82, 2.24) is 10.2 Å². The molecule has 4 nitrogen and oxygen atoms in total. The highest BCUT2D eigenvalue weighted by molar-refractivity contribution is 7.84. The molecular weight excluding hydrogens is 284 g/mol. The fourth-order valence-corrected chi connectivity index (χ4v) is 3.01. The molecule has 0 saturated carbocycles. The topological polar surface area (TPSA) is 49.4 Å². The molecule has 0 bridgehead atoms. The van der Waals surface area contributed by atoms with Gasteiger partial charge in [0.15, 0.2) is 0 Å². The lowest BCUT2D eigenvalue weighted by atomic mass is 10.1. The van der Waals surface area contributed by atoms with E-state index in [0.29, 0.717) is 6.54 Å². The fraction of sp³-hybridized carbons (Fsp3) is 0.562. The molecular formula is C16H24N2O2S. The van der Waals surface area contributed by atoms with Gasteiger partial charge in [0.2, 0.25) is 5.91 Å². The van der Waals surface area contributed by atoms with Crippen LogP contribution in [0.25, 0.3) is 0 Å². The summed E-state index contributed by atoms with van der Waals surface area (Å²) in [7, 11) is -0.903. The first-order valence-corrected chi connectivity index (χ1v) is 9.04. The number of amides is 1. The molecule has 2 rings (SSSR count). The largest absolute Gasteiger partial charge is 0.325 e. The van der Waals surface area contributed by atoms with Crippen molar-refractivity contribution in [2.75, 3.05) is 12.8 Å². The van der Waals surface area contributed by atoms with Crippen molar-refractivity contribution in [3.05, 3.63) is 35.9 Å². The highest BCUT2D eigenvalue weighted by Gasteiger charge is 2.36. The maximum Gasteiger partial charge on any atom is 0.241 e. The summed E-state index contributed by atoms with van der Waals surface area (Å²) in [6.45, 7) is 4.47. The zero-order valence-electron chi connectivity index (χ0n) is 12.9. The van der Waals surface area contributed by atoms with Gasteiger partial charge >= 0.3 is 0 Å². The standard InChI is InChI=1S/C16H24N2O2S/c1-12(21(3)20)11-18-13(2)17-15(16(18)19)10-9-14-7-5-4-6-8-14/h4-8,12-13,15,17H,9-11H2,1-3H3. The summed E-state index contributed by atoms with van der Waals surface area (Å²) < 4.78 is 11.5. The second kappa shape index (κ2) is 7.18. The third-order valence-electron chi connectivity index (χ3n) is 4.08. The van der Waals surface area contributed by atoms with E-state index in [-0.39, 0.29) is 23.4 Å². The van der Waals surface area contributed by atoms with Crippen molar-refractivity contribution >= 4 is 16.7 Å². The summed E-state index contributed by atoms with van der Waals surface area (Å²) in [5, 5.41) is 3.35. The van der Waals surface area contributed by atoms with Gasteiger partial charge in [0.25, 0.3) is 0 Å². The highest BCUT2D eigenvalue weighted by atomic mass is 32.2. The molecule has 1 amide bonds. The van der Waals surface area contributed by atoms with E-state index in [1.54, 1.807) is 6.26 Å². The second-order valence-electron chi connectivity index (χ2n) is 5.72. The molecule has 1 aliphatic heterocycles. The Kier molecular flexibility index (Phi) is 5.53. The number of aryl methyl sites for hydroxylation is 1. The summed E-state index contributed by atoms with van der Waals surface area (Å²) >= 11 is 0. The van der Waals surface area contributed by atoms with Gasteiger partial charge in [0.05, 0.1) is 12.2 Å². The molecule has 1 aromatic rings. The number of hydrogen-bond donors (Lipinski definition) is 1. The number of carbonyl (C=O) groups is 1. The molecule has 1 aliphatic rings. The number of nitrogens with one attached hydrogen (secondary N) is 1. The fourth-order valence-electron chi connectivity index (χ4n) is 2.64. The first-order valence-electron chi connectivity index (χ1n) is 7.41. The van der Waals surface area contributed by atoms with Gasteiger partial charge in [-0.3, -0.25) is 14.3 Å². The zero-order valence-corrected chi connectivity index (χ0v) is 13.7. The minimum Gasteiger partial charge on any atom is -0.325 e. The van der Waals surface area contributed by atoms with E-state index in [1.807, 2.05) is 36.9 Å². The Morgan fingerprint density at radius 3 is 2.62 bits per heavy atom. The number of benzene rings is 1. The molecule has 0 radical (unpaired) electrons. The number of hydrogen-bond acceptors (Lipinski definition) is 3. The SMILES string of the molecule is CC1NC(CCc2ccccc2)C(=O)N1CC(C)S(C)=O. The minimum atomic E-state index is -0.903. The molecule has 0 aliphatic carbocycles. The van der Waals surface area contributed by atoms with E-state index in [2.05, 4.69) is 17.4 Å². The van der Waals surface area contributed by atoms with Crippen LogP contribution >= 0.6 is 0 Å². The zero-order chi connectivity index (χ0) is 15.4. The summed E-state index contributed by atoms with van der Waals surface area (Å²) in [5.74, 6) is 0.135. The molecule has 1 saturated heterocycles. The van der Waals surface area contributed by atoms with Gasteiger partial charge in [0.1, 0.15) is 0 Å². The van der Waals surface area contributed by atoms with Crippen molar-refractivity contribution in [2.24, 2.45) is 0 Å². The molecule has 1 aromatic carbocycles. The Labute approximate surface area is 129 Å². The second-order valence-corrected chi connectivity index (χ2v) is 7.52. The molecule has 4 atom stereocenters. The number of rotatable bonds is 6. The average Bonchev–Trinajstić information content (AvgIpc) is 2.73. The third-order valence-corrected chi connectivity index (χ3v) is 5.36. The van der Waals surface area contributed by atoms with E-state index >= 15 is 0 Å². The normalized spacial score (nSPS) is 25.1. The first-order chi connectivity index (χ1) is 9.99. The first kappa shape index (κ1) is 16.2. The Hall–Kier alpha value is -1.20. The van der Waals surface area contributed by atoms with Gasteiger partial charge in [-0.15, -0.1) is 0 Å². The van der Waals surface area contributed by atoms with Crippen LogP contribution < -0.4 is 5.32 Å². The smallest absolute Gasteiger partial charge is 0.241 e. The summed E-state index contributed by atoms with van der Waals surface area (Å²) in [5.41, 5.74) is 1.25. The predicted octanol–water partition coefficient (Wildman–Crippen LogP) is 1.53. The Bertz CT molecular complexity index is 506.